The number of carbonyl (C=O) groups is 1. The van der Waals surface area contributed by atoms with Crippen molar-refractivity contribution in [1.29, 1.82) is 0 Å². The Kier molecular flexibility index (Phi) is 7.39. The molecule has 2 aromatic heterocycles. The van der Waals surface area contributed by atoms with Crippen molar-refractivity contribution in [2.45, 2.75) is 39.3 Å². The van der Waals surface area contributed by atoms with Crippen molar-refractivity contribution >= 4 is 45.4 Å². The van der Waals surface area contributed by atoms with Crippen molar-refractivity contribution in [3.63, 3.8) is 0 Å². The minimum Gasteiger partial charge on any atom is -0.494 e. The lowest BCUT2D eigenvalue weighted by Crippen LogP contribution is -2.29. The summed E-state index contributed by atoms with van der Waals surface area (Å²) in [6.07, 6.45) is 2.19. The van der Waals surface area contributed by atoms with Crippen molar-refractivity contribution < 1.29 is 9.53 Å². The van der Waals surface area contributed by atoms with Gasteiger partial charge in [-0.1, -0.05) is 49.4 Å². The maximum atomic E-state index is 12.1. The van der Waals surface area contributed by atoms with Crippen LogP contribution in [0.3, 0.4) is 0 Å². The average molecular weight is 576 g/mol. The van der Waals surface area contributed by atoms with E-state index in [-0.39, 0.29) is 18.0 Å². The van der Waals surface area contributed by atoms with Gasteiger partial charge in [0.25, 0.3) is 0 Å². The summed E-state index contributed by atoms with van der Waals surface area (Å²) < 4.78 is 8.03. The smallest absolute Gasteiger partial charge is 0.224 e. The number of carbonyl (C=O) groups excluding carboxylic acids is 1. The second-order valence-electron chi connectivity index (χ2n) is 10.4. The van der Waals surface area contributed by atoms with Crippen LogP contribution in [0.4, 0.5) is 11.4 Å². The van der Waals surface area contributed by atoms with E-state index in [1.54, 1.807) is 7.11 Å². The fourth-order valence-corrected chi connectivity index (χ4v) is 6.33. The van der Waals surface area contributed by atoms with E-state index in [0.29, 0.717) is 23.0 Å². The number of hydrogen-bond acceptors (Lipinski definition) is 4. The summed E-state index contributed by atoms with van der Waals surface area (Å²) in [6, 6.07) is 28.5. The summed E-state index contributed by atoms with van der Waals surface area (Å²) in [5.41, 5.74) is 6.93. The van der Waals surface area contributed by atoms with Crippen LogP contribution >= 0.6 is 12.2 Å². The van der Waals surface area contributed by atoms with Gasteiger partial charge in [-0.3, -0.25) is 9.78 Å². The Balaban J connectivity index is 1.51. The number of aryl methyl sites for hydroxylation is 1. The van der Waals surface area contributed by atoms with E-state index in [4.69, 9.17) is 21.9 Å². The number of anilines is 2. The Bertz CT molecular complexity index is 1790. The molecule has 3 aromatic carbocycles. The molecule has 0 spiro atoms. The van der Waals surface area contributed by atoms with E-state index in [1.807, 2.05) is 49.5 Å². The van der Waals surface area contributed by atoms with Gasteiger partial charge in [-0.05, 0) is 73.4 Å². The number of pyridine rings is 1. The molecule has 1 aliphatic heterocycles. The van der Waals surface area contributed by atoms with Gasteiger partial charge in [0.2, 0.25) is 5.91 Å². The molecular weight excluding hydrogens is 542 g/mol. The van der Waals surface area contributed by atoms with E-state index in [1.165, 1.54) is 10.8 Å². The molecule has 0 saturated carbocycles. The number of amides is 1. The van der Waals surface area contributed by atoms with Gasteiger partial charge in [0.1, 0.15) is 5.75 Å². The third kappa shape index (κ3) is 4.77. The molecule has 3 heterocycles. The zero-order valence-electron chi connectivity index (χ0n) is 24.1. The zero-order valence-corrected chi connectivity index (χ0v) is 24.9. The van der Waals surface area contributed by atoms with Crippen LogP contribution in [0, 0.1) is 13.8 Å². The van der Waals surface area contributed by atoms with Crippen LogP contribution in [0.25, 0.3) is 16.5 Å². The molecule has 8 heteroatoms. The molecule has 0 bridgehead atoms. The van der Waals surface area contributed by atoms with Gasteiger partial charge < -0.3 is 24.8 Å². The summed E-state index contributed by atoms with van der Waals surface area (Å²) in [7, 11) is 1.60. The van der Waals surface area contributed by atoms with Crippen LogP contribution in [0.5, 0.6) is 5.75 Å². The summed E-state index contributed by atoms with van der Waals surface area (Å²) in [4.78, 5) is 19.0. The maximum Gasteiger partial charge on any atom is 0.224 e. The molecule has 0 unspecified atom stereocenters. The molecule has 2 N–H and O–H groups in total. The van der Waals surface area contributed by atoms with E-state index in [9.17, 15) is 4.79 Å². The van der Waals surface area contributed by atoms with Gasteiger partial charge in [-0.25, -0.2) is 0 Å². The molecule has 7 nitrogen and oxygen atoms in total. The molecule has 2 atom stereocenters. The molecule has 212 valence electrons. The van der Waals surface area contributed by atoms with Crippen molar-refractivity contribution in [1.82, 2.24) is 14.9 Å². The Morgan fingerprint density at radius 3 is 2.57 bits per heavy atom. The Hall–Kier alpha value is -4.69. The first kappa shape index (κ1) is 27.5. The number of aromatic nitrogens is 2. The molecule has 6 rings (SSSR count). The first-order valence-electron chi connectivity index (χ1n) is 14.1. The third-order valence-corrected chi connectivity index (χ3v) is 8.27. The van der Waals surface area contributed by atoms with E-state index in [2.05, 4.69) is 82.5 Å². The maximum absolute atomic E-state index is 12.1. The van der Waals surface area contributed by atoms with Crippen molar-refractivity contribution in [2.24, 2.45) is 0 Å². The molecule has 42 heavy (non-hydrogen) atoms. The van der Waals surface area contributed by atoms with Gasteiger partial charge in [0.15, 0.2) is 5.11 Å². The highest BCUT2D eigenvalue weighted by molar-refractivity contribution is 7.80. The number of fused-ring (bicyclic) bond motifs is 1. The van der Waals surface area contributed by atoms with Gasteiger partial charge in [0.05, 0.1) is 36.3 Å². The average Bonchev–Trinajstić information content (AvgIpc) is 3.51. The van der Waals surface area contributed by atoms with E-state index < -0.39 is 0 Å². The minimum atomic E-state index is -0.192. The molecule has 1 saturated heterocycles. The second-order valence-corrected chi connectivity index (χ2v) is 10.8. The van der Waals surface area contributed by atoms with Crippen molar-refractivity contribution in [2.75, 3.05) is 17.3 Å². The van der Waals surface area contributed by atoms with Crippen LogP contribution in [-0.4, -0.2) is 27.7 Å². The minimum absolute atomic E-state index is 0.0756. The summed E-state index contributed by atoms with van der Waals surface area (Å²) in [6.45, 7) is 6.14. The van der Waals surface area contributed by atoms with Gasteiger partial charge >= 0.3 is 0 Å². The van der Waals surface area contributed by atoms with Crippen LogP contribution in [0.1, 0.15) is 48.1 Å². The molecule has 0 radical (unpaired) electrons. The van der Waals surface area contributed by atoms with E-state index >= 15 is 0 Å². The Labute approximate surface area is 251 Å². The number of benzene rings is 3. The molecular formula is C34H33N5O2S. The largest absolute Gasteiger partial charge is 0.494 e. The number of nitrogens with one attached hydrogen (secondary N) is 2. The highest BCUT2D eigenvalue weighted by Gasteiger charge is 2.42. The van der Waals surface area contributed by atoms with Crippen LogP contribution in [0.15, 0.2) is 91.1 Å². The number of thiocarbonyl (C=S) groups is 1. The normalized spacial score (nSPS) is 16.5. The van der Waals surface area contributed by atoms with E-state index in [0.717, 1.165) is 34.0 Å². The second kappa shape index (κ2) is 11.3. The Morgan fingerprint density at radius 1 is 1.02 bits per heavy atom. The fourth-order valence-electron chi connectivity index (χ4n) is 5.98. The molecule has 5 aromatic rings. The highest BCUT2D eigenvalue weighted by atomic mass is 32.1. The van der Waals surface area contributed by atoms with Gasteiger partial charge in [-0.2, -0.15) is 0 Å². The standard InChI is InChI=1S/C34H33N5O2S/c1-5-31(40)36-27-17-16-24(20-30(27)41-4)39-33(32(37-34(39)42)28-14-8-9-18-35-28)26-19-21(2)38(22(26)3)29-15-10-12-23-11-6-7-13-25(23)29/h6-20,32-33H,5H2,1-4H3,(H,36,40)(H,37,42)/t32-,33-/m0/s1. The van der Waals surface area contributed by atoms with Gasteiger partial charge in [-0.15, -0.1) is 0 Å². The first-order valence-corrected chi connectivity index (χ1v) is 14.5. The number of methoxy groups -OCH3 is 1. The van der Waals surface area contributed by atoms with Crippen molar-refractivity contribution in [3.8, 4) is 11.4 Å². The van der Waals surface area contributed by atoms with Crippen LogP contribution in [0.2, 0.25) is 0 Å². The lowest BCUT2D eigenvalue weighted by Gasteiger charge is -2.29. The molecule has 1 aliphatic rings. The fraction of sp³-hybridized carbons (Fsp3) is 0.206. The third-order valence-electron chi connectivity index (χ3n) is 7.95. The number of nitrogens with zero attached hydrogens (tertiary/aromatic N) is 3. The number of rotatable bonds is 7. The van der Waals surface area contributed by atoms with Crippen molar-refractivity contribution in [3.05, 3.63) is 114 Å². The SMILES string of the molecule is CCC(=O)Nc1ccc(N2C(=S)N[C@@H](c3ccccn3)[C@@H]2c2cc(C)n(-c3cccc4ccccc34)c2C)cc1OC. The first-order chi connectivity index (χ1) is 20.4. The summed E-state index contributed by atoms with van der Waals surface area (Å²) in [5, 5.41) is 9.48. The molecule has 1 fully saturated rings. The number of ether oxygens (including phenoxy) is 1. The highest BCUT2D eigenvalue weighted by Crippen LogP contribution is 2.45. The lowest BCUT2D eigenvalue weighted by molar-refractivity contribution is -0.115. The van der Waals surface area contributed by atoms with Gasteiger partial charge in [0, 0.05) is 41.1 Å². The molecule has 0 aliphatic carbocycles. The van der Waals surface area contributed by atoms with Crippen LogP contribution in [-0.2, 0) is 4.79 Å². The Morgan fingerprint density at radius 2 is 1.81 bits per heavy atom. The predicted molar refractivity (Wildman–Crippen MR) is 173 cm³/mol. The predicted octanol–water partition coefficient (Wildman–Crippen LogP) is 7.18. The number of hydrogen-bond donors (Lipinski definition) is 2. The summed E-state index contributed by atoms with van der Waals surface area (Å²) in [5.74, 6) is 0.492. The topological polar surface area (TPSA) is 71.4 Å². The lowest BCUT2D eigenvalue weighted by atomic mass is 9.96. The monoisotopic (exact) mass is 575 g/mol. The van der Waals surface area contributed by atoms with Crippen LogP contribution < -0.4 is 20.3 Å². The quantitative estimate of drug-likeness (QED) is 0.200. The zero-order chi connectivity index (χ0) is 29.4. The molecule has 1 amide bonds. The summed E-state index contributed by atoms with van der Waals surface area (Å²) >= 11 is 5.99.